The predicted octanol–water partition coefficient (Wildman–Crippen LogP) is 0.220. The molecule has 0 spiro atoms. The fourth-order valence-corrected chi connectivity index (χ4v) is 3.61. The molecular weight excluding hydrogens is 334 g/mol. The van der Waals surface area contributed by atoms with E-state index >= 15 is 0 Å². The number of nitrogens with one attached hydrogen (secondary N) is 1. The van der Waals surface area contributed by atoms with Crippen molar-refractivity contribution in [3.63, 3.8) is 0 Å². The molecule has 9 heteroatoms. The maximum atomic E-state index is 12.5. The molecule has 0 fully saturated rings. The first kappa shape index (κ1) is 18.2. The van der Waals surface area contributed by atoms with Crippen molar-refractivity contribution in [3.8, 4) is 5.75 Å². The number of ether oxygens (including phenoxy) is 1. The first-order valence-corrected chi connectivity index (χ1v) is 8.95. The van der Waals surface area contributed by atoms with Crippen LogP contribution in [-0.4, -0.2) is 39.9 Å². The van der Waals surface area contributed by atoms with Gasteiger partial charge in [-0.25, -0.2) is 8.42 Å². The lowest BCUT2D eigenvalue weighted by molar-refractivity contribution is -0.121. The van der Waals surface area contributed by atoms with E-state index in [4.69, 9.17) is 10.5 Å². The maximum absolute atomic E-state index is 12.5. The minimum Gasteiger partial charge on any atom is -0.482 e. The molecule has 2 rings (SSSR count). The molecule has 1 heterocycles. The van der Waals surface area contributed by atoms with Gasteiger partial charge in [0.15, 0.2) is 6.61 Å². The number of carbonyl (C=O) groups is 2. The van der Waals surface area contributed by atoms with Gasteiger partial charge in [-0.05, 0) is 30.5 Å². The molecule has 24 heavy (non-hydrogen) atoms. The number of anilines is 1. The van der Waals surface area contributed by atoms with E-state index in [1.807, 2.05) is 13.8 Å². The van der Waals surface area contributed by atoms with Gasteiger partial charge >= 0.3 is 0 Å². The fourth-order valence-electron chi connectivity index (χ4n) is 2.37. The molecule has 132 valence electrons. The Kier molecular flexibility index (Phi) is 5.14. The van der Waals surface area contributed by atoms with Crippen molar-refractivity contribution in [2.24, 2.45) is 11.7 Å². The molecule has 0 bridgehead atoms. The Labute approximate surface area is 141 Å². The molecule has 3 N–H and O–H groups in total. The van der Waals surface area contributed by atoms with Crippen LogP contribution in [0.25, 0.3) is 0 Å². The molecule has 0 saturated heterocycles. The highest BCUT2D eigenvalue weighted by Gasteiger charge is 2.28. The molecule has 0 unspecified atom stereocenters. The second kappa shape index (κ2) is 6.78. The van der Waals surface area contributed by atoms with Crippen LogP contribution in [0.15, 0.2) is 23.1 Å². The van der Waals surface area contributed by atoms with Gasteiger partial charge in [-0.2, -0.15) is 4.72 Å². The quantitative estimate of drug-likeness (QED) is 0.756. The molecule has 0 radical (unpaired) electrons. The SMILES string of the molecule is CC(C)C[C@H](NS(=O)(=O)c1ccc2c(c1)N(C)C(=O)CO2)C(N)=O. The van der Waals surface area contributed by atoms with Crippen LogP contribution in [0.3, 0.4) is 0 Å². The van der Waals surface area contributed by atoms with E-state index in [2.05, 4.69) is 4.72 Å². The maximum Gasteiger partial charge on any atom is 0.264 e. The number of primary amides is 1. The molecule has 1 aliphatic rings. The van der Waals surface area contributed by atoms with Gasteiger partial charge in [-0.1, -0.05) is 13.8 Å². The lowest BCUT2D eigenvalue weighted by atomic mass is 10.0. The van der Waals surface area contributed by atoms with E-state index in [-0.39, 0.29) is 23.3 Å². The average Bonchev–Trinajstić information content (AvgIpc) is 2.49. The third-order valence-corrected chi connectivity index (χ3v) is 5.14. The summed E-state index contributed by atoms with van der Waals surface area (Å²) < 4.78 is 32.7. The number of nitrogens with zero attached hydrogens (tertiary/aromatic N) is 1. The Bertz CT molecular complexity index is 760. The van der Waals surface area contributed by atoms with Crippen molar-refractivity contribution >= 4 is 27.5 Å². The number of nitrogens with two attached hydrogens (primary N) is 1. The minimum atomic E-state index is -3.97. The van der Waals surface area contributed by atoms with E-state index in [1.54, 1.807) is 7.05 Å². The average molecular weight is 355 g/mol. The molecule has 2 amide bonds. The van der Waals surface area contributed by atoms with E-state index in [0.717, 1.165) is 0 Å². The molecule has 0 aromatic heterocycles. The Hall–Kier alpha value is -2.13. The van der Waals surface area contributed by atoms with Crippen LogP contribution in [0.4, 0.5) is 5.69 Å². The highest BCUT2D eigenvalue weighted by molar-refractivity contribution is 7.89. The Morgan fingerprint density at radius 3 is 2.67 bits per heavy atom. The lowest BCUT2D eigenvalue weighted by Gasteiger charge is -2.26. The third-order valence-electron chi connectivity index (χ3n) is 3.68. The number of sulfonamides is 1. The number of rotatable bonds is 6. The molecular formula is C15H21N3O5S. The number of carbonyl (C=O) groups excluding carboxylic acids is 2. The molecule has 1 aromatic rings. The lowest BCUT2D eigenvalue weighted by Crippen LogP contribution is -2.45. The summed E-state index contributed by atoms with van der Waals surface area (Å²) >= 11 is 0. The second-order valence-corrected chi connectivity index (χ2v) is 7.79. The number of likely N-dealkylation sites (N-methyl/N-ethyl adjacent to an activating group) is 1. The zero-order valence-corrected chi connectivity index (χ0v) is 14.6. The van der Waals surface area contributed by atoms with Crippen molar-refractivity contribution < 1.29 is 22.7 Å². The van der Waals surface area contributed by atoms with Crippen molar-refractivity contribution in [2.75, 3.05) is 18.6 Å². The van der Waals surface area contributed by atoms with Gasteiger partial charge in [0.05, 0.1) is 10.6 Å². The Morgan fingerprint density at radius 2 is 2.08 bits per heavy atom. The topological polar surface area (TPSA) is 119 Å². The van der Waals surface area contributed by atoms with E-state index in [9.17, 15) is 18.0 Å². The smallest absolute Gasteiger partial charge is 0.264 e. The summed E-state index contributed by atoms with van der Waals surface area (Å²) in [6.45, 7) is 3.63. The third kappa shape index (κ3) is 3.85. The van der Waals surface area contributed by atoms with Crippen molar-refractivity contribution in [2.45, 2.75) is 31.2 Å². The Balaban J connectivity index is 2.33. The summed E-state index contributed by atoms with van der Waals surface area (Å²) in [5, 5.41) is 0. The summed E-state index contributed by atoms with van der Waals surface area (Å²) in [6, 6.07) is 3.18. The van der Waals surface area contributed by atoms with Crippen LogP contribution in [0, 0.1) is 5.92 Å². The molecule has 1 aromatic carbocycles. The van der Waals surface area contributed by atoms with Gasteiger partial charge in [0, 0.05) is 7.05 Å². The van der Waals surface area contributed by atoms with Gasteiger partial charge in [-0.3, -0.25) is 9.59 Å². The number of hydrogen-bond donors (Lipinski definition) is 2. The first-order valence-electron chi connectivity index (χ1n) is 7.47. The number of amides is 2. The normalized spacial score (nSPS) is 15.8. The zero-order chi connectivity index (χ0) is 18.1. The van der Waals surface area contributed by atoms with E-state index in [0.29, 0.717) is 17.9 Å². The highest BCUT2D eigenvalue weighted by Crippen LogP contribution is 2.33. The zero-order valence-electron chi connectivity index (χ0n) is 13.8. The van der Waals surface area contributed by atoms with Crippen molar-refractivity contribution in [3.05, 3.63) is 18.2 Å². The van der Waals surface area contributed by atoms with Crippen LogP contribution in [0.2, 0.25) is 0 Å². The summed E-state index contributed by atoms with van der Waals surface area (Å²) in [7, 11) is -2.43. The summed E-state index contributed by atoms with van der Waals surface area (Å²) in [5.74, 6) is -0.503. The van der Waals surface area contributed by atoms with Crippen LogP contribution in [0.5, 0.6) is 5.75 Å². The summed E-state index contributed by atoms with van der Waals surface area (Å²) in [4.78, 5) is 24.4. The highest BCUT2D eigenvalue weighted by atomic mass is 32.2. The second-order valence-electron chi connectivity index (χ2n) is 6.08. The first-order chi connectivity index (χ1) is 11.1. The van der Waals surface area contributed by atoms with Gasteiger partial charge < -0.3 is 15.4 Å². The van der Waals surface area contributed by atoms with E-state index < -0.39 is 22.0 Å². The van der Waals surface area contributed by atoms with Crippen LogP contribution < -0.4 is 20.1 Å². The molecule has 8 nitrogen and oxygen atoms in total. The monoisotopic (exact) mass is 355 g/mol. The summed E-state index contributed by atoms with van der Waals surface area (Å²) in [6.07, 6.45) is 0.293. The van der Waals surface area contributed by atoms with Crippen LogP contribution in [0.1, 0.15) is 20.3 Å². The largest absolute Gasteiger partial charge is 0.482 e. The Morgan fingerprint density at radius 1 is 1.42 bits per heavy atom. The van der Waals surface area contributed by atoms with Gasteiger partial charge in [0.2, 0.25) is 15.9 Å². The minimum absolute atomic E-state index is 0.0681. The van der Waals surface area contributed by atoms with E-state index in [1.165, 1.54) is 23.1 Å². The summed E-state index contributed by atoms with van der Waals surface area (Å²) in [5.41, 5.74) is 5.64. The number of fused-ring (bicyclic) bond motifs is 1. The van der Waals surface area contributed by atoms with Gasteiger partial charge in [0.1, 0.15) is 11.8 Å². The van der Waals surface area contributed by atoms with Crippen molar-refractivity contribution in [1.82, 2.24) is 4.72 Å². The molecule has 0 aliphatic carbocycles. The van der Waals surface area contributed by atoms with Crippen LogP contribution >= 0.6 is 0 Å². The molecule has 1 atom stereocenters. The molecule has 0 saturated carbocycles. The fraction of sp³-hybridized carbons (Fsp3) is 0.467. The number of hydrogen-bond acceptors (Lipinski definition) is 5. The van der Waals surface area contributed by atoms with Gasteiger partial charge in [-0.15, -0.1) is 0 Å². The van der Waals surface area contributed by atoms with Gasteiger partial charge in [0.25, 0.3) is 5.91 Å². The standard InChI is InChI=1S/C15H21N3O5S/c1-9(2)6-11(15(16)20)17-24(21,22)10-4-5-13-12(7-10)18(3)14(19)8-23-13/h4-5,7,9,11,17H,6,8H2,1-3H3,(H2,16,20)/t11-/m0/s1. The van der Waals surface area contributed by atoms with Crippen LogP contribution in [-0.2, 0) is 19.6 Å². The molecule has 1 aliphatic heterocycles. The predicted molar refractivity (Wildman–Crippen MR) is 88.1 cm³/mol. The number of benzene rings is 1. The van der Waals surface area contributed by atoms with Crippen molar-refractivity contribution in [1.29, 1.82) is 0 Å².